The quantitative estimate of drug-likeness (QED) is 0.619. The molecule has 2 rings (SSSR count). The van der Waals surface area contributed by atoms with E-state index in [2.05, 4.69) is 0 Å². The number of ether oxygens (including phenoxy) is 4. The summed E-state index contributed by atoms with van der Waals surface area (Å²) in [7, 11) is 3.12. The first-order valence-electron chi connectivity index (χ1n) is 5.81. The van der Waals surface area contributed by atoms with E-state index in [9.17, 15) is 4.79 Å². The Bertz CT molecular complexity index is 531. The van der Waals surface area contributed by atoms with E-state index >= 15 is 0 Å². The van der Waals surface area contributed by atoms with E-state index in [0.717, 1.165) is 5.56 Å². The maximum absolute atomic E-state index is 11.6. The molecule has 0 radical (unpaired) electrons. The summed E-state index contributed by atoms with van der Waals surface area (Å²) in [4.78, 5) is 11.6. The van der Waals surface area contributed by atoms with E-state index < -0.39 is 11.8 Å². The smallest absolute Gasteiger partial charge is 0.377 e. The van der Waals surface area contributed by atoms with E-state index in [0.29, 0.717) is 11.5 Å². The maximum atomic E-state index is 11.6. The zero-order valence-electron chi connectivity index (χ0n) is 11.4. The number of cyclic esters (lactones) is 1. The van der Waals surface area contributed by atoms with E-state index in [4.69, 9.17) is 18.9 Å². The summed E-state index contributed by atoms with van der Waals surface area (Å²) in [6.07, 6.45) is 1.61. The summed E-state index contributed by atoms with van der Waals surface area (Å²) in [5.41, 5.74) is 0.766. The van der Waals surface area contributed by atoms with Gasteiger partial charge in [-0.05, 0) is 23.8 Å². The molecule has 19 heavy (non-hydrogen) atoms. The summed E-state index contributed by atoms with van der Waals surface area (Å²) in [6.45, 7) is 3.36. The van der Waals surface area contributed by atoms with Crippen molar-refractivity contribution in [3.8, 4) is 11.5 Å². The van der Waals surface area contributed by atoms with Crippen molar-refractivity contribution >= 4 is 12.0 Å². The van der Waals surface area contributed by atoms with Crippen molar-refractivity contribution < 1.29 is 23.7 Å². The van der Waals surface area contributed by atoms with Gasteiger partial charge >= 0.3 is 5.97 Å². The van der Waals surface area contributed by atoms with Crippen LogP contribution >= 0.6 is 0 Å². The zero-order chi connectivity index (χ0) is 14.0. The molecule has 1 fully saturated rings. The van der Waals surface area contributed by atoms with Gasteiger partial charge in [-0.15, -0.1) is 0 Å². The van der Waals surface area contributed by atoms with Crippen LogP contribution in [0.1, 0.15) is 19.4 Å². The summed E-state index contributed by atoms with van der Waals surface area (Å²) in [5, 5.41) is 0. The van der Waals surface area contributed by atoms with E-state index in [-0.39, 0.29) is 5.76 Å². The number of rotatable bonds is 3. The lowest BCUT2D eigenvalue weighted by Gasteiger charge is -2.13. The molecule has 0 aliphatic carbocycles. The average Bonchev–Trinajstić information content (AvgIpc) is 2.62. The first kappa shape index (κ1) is 13.3. The molecule has 1 aromatic carbocycles. The lowest BCUT2D eigenvalue weighted by molar-refractivity contribution is -0.159. The Balaban J connectivity index is 2.31. The molecule has 0 bridgehead atoms. The van der Waals surface area contributed by atoms with Crippen molar-refractivity contribution in [3.05, 3.63) is 29.5 Å². The van der Waals surface area contributed by atoms with Crippen molar-refractivity contribution in [2.24, 2.45) is 0 Å². The van der Waals surface area contributed by atoms with Crippen LogP contribution in [0, 0.1) is 0 Å². The first-order chi connectivity index (χ1) is 8.95. The number of benzene rings is 1. The molecule has 0 saturated carbocycles. The second-order valence-corrected chi connectivity index (χ2v) is 4.51. The molecular formula is C14H16O5. The van der Waals surface area contributed by atoms with Crippen LogP contribution in [0.3, 0.4) is 0 Å². The van der Waals surface area contributed by atoms with Gasteiger partial charge in [0.05, 0.1) is 14.2 Å². The summed E-state index contributed by atoms with van der Waals surface area (Å²) in [5.74, 6) is -0.00110. The number of esters is 1. The highest BCUT2D eigenvalue weighted by molar-refractivity contribution is 5.93. The third kappa shape index (κ3) is 2.81. The molecule has 0 unspecified atom stereocenters. The lowest BCUT2D eigenvalue weighted by atomic mass is 10.2. The van der Waals surface area contributed by atoms with Gasteiger partial charge in [-0.3, -0.25) is 0 Å². The molecule has 0 spiro atoms. The van der Waals surface area contributed by atoms with Gasteiger partial charge in [-0.25, -0.2) is 4.79 Å². The molecule has 0 aromatic heterocycles. The highest BCUT2D eigenvalue weighted by Gasteiger charge is 2.37. The van der Waals surface area contributed by atoms with Crippen molar-refractivity contribution in [2.75, 3.05) is 14.2 Å². The van der Waals surface area contributed by atoms with E-state index in [1.165, 1.54) is 0 Å². The second-order valence-electron chi connectivity index (χ2n) is 4.51. The highest BCUT2D eigenvalue weighted by Crippen LogP contribution is 2.31. The molecule has 1 aliphatic rings. The Kier molecular flexibility index (Phi) is 3.38. The van der Waals surface area contributed by atoms with Gasteiger partial charge in [0.15, 0.2) is 11.5 Å². The minimum Gasteiger partial charge on any atom is -0.493 e. The molecule has 5 heteroatoms. The topological polar surface area (TPSA) is 54.0 Å². The van der Waals surface area contributed by atoms with E-state index in [1.54, 1.807) is 52.3 Å². The Labute approximate surface area is 111 Å². The van der Waals surface area contributed by atoms with Gasteiger partial charge in [0.1, 0.15) is 0 Å². The fraction of sp³-hybridized carbons (Fsp3) is 0.357. The van der Waals surface area contributed by atoms with Crippen molar-refractivity contribution in [2.45, 2.75) is 19.6 Å². The molecule has 0 amide bonds. The number of hydrogen-bond acceptors (Lipinski definition) is 5. The Morgan fingerprint density at radius 3 is 2.32 bits per heavy atom. The number of carbonyl (C=O) groups is 1. The van der Waals surface area contributed by atoms with E-state index in [1.807, 2.05) is 0 Å². The first-order valence-corrected chi connectivity index (χ1v) is 5.81. The SMILES string of the molecule is COc1ccc(/C=C2/OC(C)(C)OC2=O)cc1OC. The Morgan fingerprint density at radius 2 is 1.79 bits per heavy atom. The predicted molar refractivity (Wildman–Crippen MR) is 68.8 cm³/mol. The van der Waals surface area contributed by atoms with Gasteiger partial charge in [-0.2, -0.15) is 0 Å². The Hall–Kier alpha value is -2.17. The summed E-state index contributed by atoms with van der Waals surface area (Å²) >= 11 is 0. The lowest BCUT2D eigenvalue weighted by Crippen LogP contribution is -2.19. The standard InChI is InChI=1S/C14H16O5/c1-14(2)18-12(13(15)19-14)8-9-5-6-10(16-3)11(7-9)17-4/h5-8H,1-4H3/b12-8+. The number of carbonyl (C=O) groups excluding carboxylic acids is 1. The predicted octanol–water partition coefficient (Wildman–Crippen LogP) is 2.35. The third-order valence-corrected chi connectivity index (χ3v) is 2.60. The summed E-state index contributed by atoms with van der Waals surface area (Å²) < 4.78 is 20.8. The Morgan fingerprint density at radius 1 is 1.11 bits per heavy atom. The fourth-order valence-corrected chi connectivity index (χ4v) is 1.78. The molecule has 1 heterocycles. The third-order valence-electron chi connectivity index (χ3n) is 2.60. The molecular weight excluding hydrogens is 248 g/mol. The van der Waals surface area contributed by atoms with Crippen LogP contribution in [-0.4, -0.2) is 26.0 Å². The van der Waals surface area contributed by atoms with Crippen molar-refractivity contribution in [1.82, 2.24) is 0 Å². The molecule has 0 N–H and O–H groups in total. The monoisotopic (exact) mass is 264 g/mol. The minimum absolute atomic E-state index is 0.178. The minimum atomic E-state index is -0.917. The van der Waals surface area contributed by atoms with Gasteiger partial charge < -0.3 is 18.9 Å². The molecule has 102 valence electrons. The van der Waals surface area contributed by atoms with Gasteiger partial charge in [0.2, 0.25) is 11.5 Å². The van der Waals surface area contributed by atoms with Crippen LogP contribution in [0.25, 0.3) is 6.08 Å². The number of methoxy groups -OCH3 is 2. The largest absolute Gasteiger partial charge is 0.493 e. The van der Waals surface area contributed by atoms with Gasteiger partial charge in [0, 0.05) is 13.8 Å². The van der Waals surface area contributed by atoms with Crippen LogP contribution < -0.4 is 9.47 Å². The van der Waals surface area contributed by atoms with Crippen molar-refractivity contribution in [3.63, 3.8) is 0 Å². The highest BCUT2D eigenvalue weighted by atomic mass is 16.8. The normalized spacial score (nSPS) is 18.9. The van der Waals surface area contributed by atoms with Gasteiger partial charge in [0.25, 0.3) is 0 Å². The zero-order valence-corrected chi connectivity index (χ0v) is 11.4. The van der Waals surface area contributed by atoms with Crippen LogP contribution in [-0.2, 0) is 14.3 Å². The van der Waals surface area contributed by atoms with Crippen LogP contribution in [0.15, 0.2) is 24.0 Å². The summed E-state index contributed by atoms with van der Waals surface area (Å²) in [6, 6.07) is 5.32. The number of hydrogen-bond donors (Lipinski definition) is 0. The fourth-order valence-electron chi connectivity index (χ4n) is 1.78. The average molecular weight is 264 g/mol. The molecule has 5 nitrogen and oxygen atoms in total. The molecule has 1 aromatic rings. The molecule has 0 atom stereocenters. The molecule has 1 saturated heterocycles. The second kappa shape index (κ2) is 4.84. The van der Waals surface area contributed by atoms with Crippen LogP contribution in [0.4, 0.5) is 0 Å². The van der Waals surface area contributed by atoms with Crippen LogP contribution in [0.2, 0.25) is 0 Å². The van der Waals surface area contributed by atoms with Crippen molar-refractivity contribution in [1.29, 1.82) is 0 Å². The molecule has 1 aliphatic heterocycles. The van der Waals surface area contributed by atoms with Gasteiger partial charge in [-0.1, -0.05) is 6.07 Å². The maximum Gasteiger partial charge on any atom is 0.377 e. The van der Waals surface area contributed by atoms with Crippen LogP contribution in [0.5, 0.6) is 11.5 Å².